The van der Waals surface area contributed by atoms with Gasteiger partial charge in [0.1, 0.15) is 11.2 Å². The van der Waals surface area contributed by atoms with Crippen molar-refractivity contribution in [2.24, 2.45) is 0 Å². The number of fused-ring (bicyclic) bond motifs is 16. The van der Waals surface area contributed by atoms with Gasteiger partial charge in [-0.05, 0) is 143 Å². The summed E-state index contributed by atoms with van der Waals surface area (Å²) in [6.07, 6.45) is 8.34. The van der Waals surface area contributed by atoms with E-state index in [0.29, 0.717) is 0 Å². The Kier molecular flexibility index (Phi) is 12.4. The third kappa shape index (κ3) is 8.41. The van der Waals surface area contributed by atoms with Gasteiger partial charge in [-0.1, -0.05) is 231 Å². The molecule has 0 aliphatic heterocycles. The number of furan rings is 2. The lowest BCUT2D eigenvalue weighted by molar-refractivity contribution is 0.615. The smallest absolute Gasteiger partial charge is 0.159 e. The molecule has 0 fully saturated rings. The SMILES string of the molecule is CC(/C=C\c1coc2ccccc12)=C\N(c1ccccc1)c1ccc(-c2ccc3c(c2)c2cccc4c5c(-c6ccccc6)c6c(c(-c7ccccc7)c5n3c24)c2cccc3c4cc(-c5ccc(N(c7ccccc7)c7c(C)ccc8c7oc7ccccc78)cc5)ccc4n6c32)cc1. The molecule has 14 aromatic carbocycles. The summed E-state index contributed by atoms with van der Waals surface area (Å²) in [4.78, 5) is 4.62. The Bertz CT molecular complexity index is 6590. The van der Waals surface area contributed by atoms with Crippen LogP contribution < -0.4 is 9.80 Å². The number of benzene rings is 14. The number of allylic oxidation sites excluding steroid dienone is 2. The predicted molar refractivity (Wildman–Crippen MR) is 412 cm³/mol. The Balaban J connectivity index is 0.737. The molecule has 0 saturated heterocycles. The van der Waals surface area contributed by atoms with Gasteiger partial charge in [0.25, 0.3) is 0 Å². The van der Waals surface area contributed by atoms with E-state index in [0.717, 1.165) is 94.7 Å². The summed E-state index contributed by atoms with van der Waals surface area (Å²) in [5.41, 5.74) is 28.0. The van der Waals surface area contributed by atoms with E-state index >= 15 is 0 Å². The van der Waals surface area contributed by atoms with E-state index in [4.69, 9.17) is 8.83 Å². The van der Waals surface area contributed by atoms with Gasteiger partial charge in [0.05, 0.1) is 45.1 Å². The largest absolute Gasteiger partial charge is 0.464 e. The Morgan fingerprint density at radius 2 is 0.816 bits per heavy atom. The molecule has 0 N–H and O–H groups in total. The molecule has 6 nitrogen and oxygen atoms in total. The number of anilines is 5. The number of rotatable bonds is 12. The van der Waals surface area contributed by atoms with Crippen molar-refractivity contribution in [3.63, 3.8) is 0 Å². The van der Waals surface area contributed by atoms with Crippen LogP contribution in [0.1, 0.15) is 18.1 Å². The van der Waals surface area contributed by atoms with Crippen molar-refractivity contribution < 1.29 is 8.83 Å². The highest BCUT2D eigenvalue weighted by atomic mass is 16.3. The van der Waals surface area contributed by atoms with Crippen LogP contribution in [0.15, 0.2) is 336 Å². The zero-order chi connectivity index (χ0) is 64.7. The predicted octanol–water partition coefficient (Wildman–Crippen LogP) is 25.8. The van der Waals surface area contributed by atoms with Gasteiger partial charge < -0.3 is 27.4 Å². The van der Waals surface area contributed by atoms with Crippen LogP contribution in [0.2, 0.25) is 0 Å². The molecule has 0 bridgehead atoms. The summed E-state index contributed by atoms with van der Waals surface area (Å²) in [6.45, 7) is 4.33. The number of nitrogens with zero attached hydrogens (tertiary/aromatic N) is 4. The van der Waals surface area contributed by atoms with Gasteiger partial charge >= 0.3 is 0 Å². The van der Waals surface area contributed by atoms with Crippen molar-refractivity contribution in [3.8, 4) is 44.5 Å². The molecule has 6 heteroatoms. The molecule has 0 aliphatic carbocycles. The van der Waals surface area contributed by atoms with Crippen molar-refractivity contribution in [1.82, 2.24) is 8.80 Å². The highest BCUT2D eigenvalue weighted by Crippen LogP contribution is 2.55. The van der Waals surface area contributed by atoms with Crippen molar-refractivity contribution in [3.05, 3.63) is 339 Å². The average molecular weight is 1250 g/mol. The van der Waals surface area contributed by atoms with Crippen LogP contribution in [-0.4, -0.2) is 8.80 Å². The first-order valence-corrected chi connectivity index (χ1v) is 33.6. The normalized spacial score (nSPS) is 12.4. The van der Waals surface area contributed by atoms with E-state index in [9.17, 15) is 0 Å². The first-order chi connectivity index (χ1) is 48.5. The first kappa shape index (κ1) is 55.5. The maximum Gasteiger partial charge on any atom is 0.159 e. The second kappa shape index (κ2) is 21.8. The monoisotopic (exact) mass is 1250 g/mol. The molecule has 0 spiro atoms. The standard InChI is InChI=1S/C92H60N4O2/c1-57(37-39-65-56-97-81-35-17-15-29-70(65)81)55-93(66-25-11-5-12-26-66)67-46-40-59(41-47-67)63-44-51-79-77(53-63)72-31-19-33-75-85-84(62-23-9-4-10-24-62)91-86(83(61-21-7-3-8-22-61)90(85)95(79)88(72)75)76-34-20-32-73-78-54-64(45-52-80(78)96(91)89(73)76)60-42-48-69(49-43-60)94(68-27-13-6-14-28-68)87-58(2)38-50-74-71-30-16-18-36-82(71)98-92(74)87/h3-56H,1-2H3/b39-37-,57-55+. The van der Waals surface area contributed by atoms with Gasteiger partial charge in [0.15, 0.2) is 5.58 Å². The number of aromatic nitrogens is 2. The topological polar surface area (TPSA) is 41.6 Å². The number of para-hydroxylation sites is 6. The van der Waals surface area contributed by atoms with Crippen LogP contribution in [0.3, 0.4) is 0 Å². The van der Waals surface area contributed by atoms with Crippen LogP contribution in [0.25, 0.3) is 160 Å². The van der Waals surface area contributed by atoms with Crippen LogP contribution in [0.4, 0.5) is 28.4 Å². The van der Waals surface area contributed by atoms with E-state index in [1.54, 1.807) is 0 Å². The zero-order valence-electron chi connectivity index (χ0n) is 53.8. The summed E-state index contributed by atoms with van der Waals surface area (Å²) in [5.74, 6) is 0. The van der Waals surface area contributed by atoms with Gasteiger partial charge in [0.2, 0.25) is 0 Å². The summed E-state index contributed by atoms with van der Waals surface area (Å²) < 4.78 is 17.8. The molecule has 6 aromatic heterocycles. The Morgan fingerprint density at radius 1 is 0.357 bits per heavy atom. The third-order valence-electron chi connectivity index (χ3n) is 20.4. The molecular formula is C92H60N4O2. The molecule has 20 aromatic rings. The average Bonchev–Trinajstić information content (AvgIpc) is 1.50. The summed E-state index contributed by atoms with van der Waals surface area (Å²) in [6, 6.07) is 111. The second-order valence-electron chi connectivity index (χ2n) is 26.0. The van der Waals surface area contributed by atoms with E-state index in [1.807, 2.05) is 24.5 Å². The lowest BCUT2D eigenvalue weighted by Crippen LogP contribution is -2.11. The fourth-order valence-corrected chi connectivity index (χ4v) is 16.1. The molecule has 0 aliphatic rings. The maximum atomic E-state index is 6.72. The fourth-order valence-electron chi connectivity index (χ4n) is 16.1. The van der Waals surface area contributed by atoms with Crippen molar-refractivity contribution in [2.75, 3.05) is 9.80 Å². The minimum absolute atomic E-state index is 0.879. The van der Waals surface area contributed by atoms with E-state index in [2.05, 4.69) is 336 Å². The Morgan fingerprint density at radius 3 is 1.40 bits per heavy atom. The lowest BCUT2D eigenvalue weighted by atomic mass is 9.89. The molecule has 0 unspecified atom stereocenters. The van der Waals surface area contributed by atoms with Crippen LogP contribution in [0.5, 0.6) is 0 Å². The molecule has 0 amide bonds. The van der Waals surface area contributed by atoms with E-state index in [-0.39, 0.29) is 0 Å². The first-order valence-electron chi connectivity index (χ1n) is 33.6. The quantitative estimate of drug-likeness (QED) is 0.114. The third-order valence-corrected chi connectivity index (χ3v) is 20.4. The number of hydrogen-bond acceptors (Lipinski definition) is 4. The highest BCUT2D eigenvalue weighted by Gasteiger charge is 2.31. The van der Waals surface area contributed by atoms with Crippen molar-refractivity contribution in [2.45, 2.75) is 13.8 Å². The van der Waals surface area contributed by atoms with Crippen molar-refractivity contribution >= 4 is 144 Å². The Hall–Kier alpha value is -12.9. The van der Waals surface area contributed by atoms with Crippen LogP contribution >= 0.6 is 0 Å². The van der Waals surface area contributed by atoms with E-state index < -0.39 is 0 Å². The number of aryl methyl sites for hydroxylation is 1. The van der Waals surface area contributed by atoms with Crippen LogP contribution in [-0.2, 0) is 0 Å². The van der Waals surface area contributed by atoms with E-state index in [1.165, 1.54) is 104 Å². The maximum absolute atomic E-state index is 6.72. The van der Waals surface area contributed by atoms with Crippen molar-refractivity contribution in [1.29, 1.82) is 0 Å². The highest BCUT2D eigenvalue weighted by molar-refractivity contribution is 6.38. The summed E-state index contributed by atoms with van der Waals surface area (Å²) >= 11 is 0. The fraction of sp³-hybridized carbons (Fsp3) is 0.0217. The van der Waals surface area contributed by atoms with Gasteiger partial charge in [-0.3, -0.25) is 0 Å². The van der Waals surface area contributed by atoms with Gasteiger partial charge in [-0.2, -0.15) is 0 Å². The lowest BCUT2D eigenvalue weighted by Gasteiger charge is -2.27. The van der Waals surface area contributed by atoms with Crippen LogP contribution in [0, 0.1) is 6.92 Å². The number of hydrogen-bond donors (Lipinski definition) is 0. The van der Waals surface area contributed by atoms with Gasteiger partial charge in [-0.25, -0.2) is 0 Å². The molecule has 460 valence electrons. The van der Waals surface area contributed by atoms with Gasteiger partial charge in [0, 0.05) is 105 Å². The summed E-state index contributed by atoms with van der Waals surface area (Å²) in [7, 11) is 0. The Labute approximate surface area is 564 Å². The molecule has 0 saturated carbocycles. The second-order valence-corrected chi connectivity index (χ2v) is 26.0. The zero-order valence-corrected chi connectivity index (χ0v) is 53.8. The summed E-state index contributed by atoms with van der Waals surface area (Å²) in [5, 5.41) is 13.2. The minimum Gasteiger partial charge on any atom is -0.464 e. The molecule has 0 atom stereocenters. The molecule has 98 heavy (non-hydrogen) atoms. The molecule has 20 rings (SSSR count). The molecule has 6 heterocycles. The van der Waals surface area contributed by atoms with Gasteiger partial charge in [-0.15, -0.1) is 0 Å². The molecule has 0 radical (unpaired) electrons. The minimum atomic E-state index is 0.879. The molecular weight excluding hydrogens is 1190 g/mol.